The topological polar surface area (TPSA) is 230 Å². The second-order valence-corrected chi connectivity index (χ2v) is 16.9. The molecule has 18 heteroatoms. The highest BCUT2D eigenvalue weighted by Gasteiger charge is 2.76. The number of nitrogens with zero attached hydrogens (tertiary/aromatic N) is 3. The quantitative estimate of drug-likeness (QED) is 0.0234. The largest absolute Gasteiger partial charge is 0.491 e. The molecule has 2 N–H and O–H groups in total. The number of anilines is 1. The normalized spacial score (nSPS) is 20.8. The molecule has 72 heavy (non-hydrogen) atoms. The molecule has 0 radical (unpaired) electrons. The van der Waals surface area contributed by atoms with Crippen molar-refractivity contribution in [3.05, 3.63) is 184 Å². The number of carbonyl (C=O) groups is 6. The number of hydrogen-bond acceptors (Lipinski definition) is 15. The summed E-state index contributed by atoms with van der Waals surface area (Å²) in [6.07, 6.45) is -1.13. The molecule has 8 rings (SSSR count). The highest BCUT2D eigenvalue weighted by molar-refractivity contribution is 6.23. The van der Waals surface area contributed by atoms with Crippen LogP contribution in [-0.2, 0) is 54.9 Å². The van der Waals surface area contributed by atoms with E-state index in [4.69, 9.17) is 23.7 Å². The van der Waals surface area contributed by atoms with E-state index in [0.29, 0.717) is 22.3 Å². The zero-order valence-corrected chi connectivity index (χ0v) is 39.0. The number of amides is 3. The zero-order valence-electron chi connectivity index (χ0n) is 39.0. The van der Waals surface area contributed by atoms with Crippen molar-refractivity contribution in [1.29, 1.82) is 0 Å². The Labute approximate surface area is 413 Å². The summed E-state index contributed by atoms with van der Waals surface area (Å²) in [6, 6.07) is 30.7. The first-order valence-corrected chi connectivity index (χ1v) is 22.7. The number of methoxy groups -OCH3 is 2. The molecule has 6 atom stereocenters. The zero-order chi connectivity index (χ0) is 51.1. The third-order valence-corrected chi connectivity index (χ3v) is 12.9. The molecule has 2 saturated heterocycles. The number of hydrogen-bond donors (Lipinski definition) is 2. The molecule has 0 saturated carbocycles. The Morgan fingerprint density at radius 2 is 1.54 bits per heavy atom. The van der Waals surface area contributed by atoms with E-state index in [1.54, 1.807) is 53.4 Å². The van der Waals surface area contributed by atoms with E-state index in [0.717, 1.165) is 19.1 Å². The standard InChI is InChI=1S/C54H48N4O14/c1-4-28-55-48(60)43-45-51(63)72-46(36-17-9-6-10-18-36)44(35-15-7-5-8-16-35)57(45)47(38-19-11-12-21-42(38)70-30-29-59)54(43)40-31-33(14-13-20-39(49(61)68-2)50(62)69-3)24-27-41(40)56(52(54)64)53(65)71-32-34-22-25-37(26-23-34)58(66)67/h4-12,15-19,21-27,31,39,43-47,59H,1,20,28-30,32H2,2-3H3,(H,55,60)/t43-,44-,45-,46+,47+,54-/m0/s1. The number of rotatable bonds is 15. The lowest BCUT2D eigenvalue weighted by atomic mass is 9.65. The molecule has 3 aliphatic rings. The Morgan fingerprint density at radius 1 is 0.889 bits per heavy atom. The predicted molar refractivity (Wildman–Crippen MR) is 256 cm³/mol. The minimum Gasteiger partial charge on any atom is -0.491 e. The van der Waals surface area contributed by atoms with E-state index in [1.165, 1.54) is 48.5 Å². The molecule has 1 spiro atoms. The molecule has 3 amide bonds. The predicted octanol–water partition coefficient (Wildman–Crippen LogP) is 5.97. The molecular formula is C54H48N4O14. The van der Waals surface area contributed by atoms with Crippen molar-refractivity contribution >= 4 is 47.2 Å². The Kier molecular flexibility index (Phi) is 14.9. The smallest absolute Gasteiger partial charge is 0.421 e. The lowest BCUT2D eigenvalue weighted by Crippen LogP contribution is -2.55. The molecule has 0 aliphatic carbocycles. The van der Waals surface area contributed by atoms with Gasteiger partial charge < -0.3 is 34.1 Å². The Morgan fingerprint density at radius 3 is 2.18 bits per heavy atom. The summed E-state index contributed by atoms with van der Waals surface area (Å²) in [5, 5.41) is 24.3. The Balaban J connectivity index is 1.42. The SMILES string of the molecule is C=CCNC(=O)[C@@H]1[C@H]2C(=O)O[C@H](c3ccccc3)[C@H](c3ccccc3)N2[C@H](c2ccccc2OCCO)[C@@]12C(=O)N(C(=O)OCc1ccc([N+](=O)[O-])cc1)c1ccc(C#CCC(C(=O)OC)C(=O)OC)cc12. The van der Waals surface area contributed by atoms with Gasteiger partial charge in [0.15, 0.2) is 5.92 Å². The van der Waals surface area contributed by atoms with Crippen LogP contribution in [0.15, 0.2) is 140 Å². The van der Waals surface area contributed by atoms with Gasteiger partial charge in [0.1, 0.15) is 36.5 Å². The van der Waals surface area contributed by atoms with Crippen LogP contribution in [0.2, 0.25) is 0 Å². The van der Waals surface area contributed by atoms with E-state index in [1.807, 2.05) is 36.4 Å². The summed E-state index contributed by atoms with van der Waals surface area (Å²) >= 11 is 0. The van der Waals surface area contributed by atoms with Gasteiger partial charge in [0, 0.05) is 36.2 Å². The lowest BCUT2D eigenvalue weighted by molar-refractivity contribution is -0.384. The van der Waals surface area contributed by atoms with Crippen LogP contribution in [0.3, 0.4) is 0 Å². The summed E-state index contributed by atoms with van der Waals surface area (Å²) in [5.74, 6) is -1.49. The van der Waals surface area contributed by atoms with E-state index >= 15 is 14.4 Å². The van der Waals surface area contributed by atoms with Crippen molar-refractivity contribution in [3.63, 3.8) is 0 Å². The minimum atomic E-state index is -2.27. The van der Waals surface area contributed by atoms with Crippen LogP contribution in [0.4, 0.5) is 16.2 Å². The van der Waals surface area contributed by atoms with Gasteiger partial charge in [-0.15, -0.1) is 6.58 Å². The van der Waals surface area contributed by atoms with Gasteiger partial charge in [0.2, 0.25) is 11.8 Å². The number of para-hydroxylation sites is 1. The maximum absolute atomic E-state index is 16.5. The van der Waals surface area contributed by atoms with Gasteiger partial charge in [-0.1, -0.05) is 96.8 Å². The van der Waals surface area contributed by atoms with Crippen molar-refractivity contribution in [2.75, 3.05) is 38.9 Å². The average Bonchev–Trinajstić information content (AvgIpc) is 3.86. The third kappa shape index (κ3) is 9.14. The summed E-state index contributed by atoms with van der Waals surface area (Å²) in [7, 11) is 2.23. The second kappa shape index (κ2) is 21.5. The molecule has 3 aliphatic heterocycles. The number of imide groups is 1. The Bertz CT molecular complexity index is 2960. The molecule has 368 valence electrons. The number of esters is 3. The molecular weight excluding hydrogens is 929 g/mol. The van der Waals surface area contributed by atoms with Crippen LogP contribution in [0.25, 0.3) is 0 Å². The number of nitrogens with one attached hydrogen (secondary N) is 1. The number of aliphatic hydroxyl groups is 1. The summed E-state index contributed by atoms with van der Waals surface area (Å²) in [6.45, 7) is 2.65. The van der Waals surface area contributed by atoms with Crippen LogP contribution in [-0.4, -0.2) is 90.8 Å². The number of nitro benzene ring substituents is 1. The molecule has 3 heterocycles. The summed E-state index contributed by atoms with van der Waals surface area (Å²) in [5.41, 5.74) is -0.347. The lowest BCUT2D eigenvalue weighted by Gasteiger charge is -2.46. The molecule has 0 aromatic heterocycles. The van der Waals surface area contributed by atoms with Gasteiger partial charge in [-0.2, -0.15) is 0 Å². The highest BCUT2D eigenvalue weighted by Crippen LogP contribution is 2.66. The van der Waals surface area contributed by atoms with Gasteiger partial charge in [-0.05, 0) is 58.7 Å². The molecule has 18 nitrogen and oxygen atoms in total. The van der Waals surface area contributed by atoms with Crippen molar-refractivity contribution in [1.82, 2.24) is 10.2 Å². The van der Waals surface area contributed by atoms with Crippen molar-refractivity contribution in [2.24, 2.45) is 11.8 Å². The number of cyclic esters (lactones) is 1. The molecule has 0 unspecified atom stereocenters. The molecule has 0 bridgehead atoms. The van der Waals surface area contributed by atoms with Crippen molar-refractivity contribution in [3.8, 4) is 17.6 Å². The third-order valence-electron chi connectivity index (χ3n) is 12.9. The van der Waals surface area contributed by atoms with Crippen LogP contribution < -0.4 is 15.0 Å². The number of carbonyl (C=O) groups excluding carboxylic acids is 6. The maximum Gasteiger partial charge on any atom is 0.421 e. The molecule has 5 aromatic rings. The van der Waals surface area contributed by atoms with Gasteiger partial charge in [-0.25, -0.2) is 9.69 Å². The van der Waals surface area contributed by atoms with Crippen molar-refractivity contribution < 1.29 is 62.5 Å². The van der Waals surface area contributed by atoms with Crippen LogP contribution in [0, 0.1) is 33.8 Å². The molecule has 5 aromatic carbocycles. The average molecular weight is 977 g/mol. The first kappa shape index (κ1) is 49.8. The van der Waals surface area contributed by atoms with E-state index in [2.05, 4.69) is 23.7 Å². The fourth-order valence-corrected chi connectivity index (χ4v) is 9.94. The van der Waals surface area contributed by atoms with E-state index in [9.17, 15) is 29.6 Å². The maximum atomic E-state index is 16.5. The van der Waals surface area contributed by atoms with Gasteiger partial charge in [0.25, 0.3) is 5.69 Å². The summed E-state index contributed by atoms with van der Waals surface area (Å²) in [4.78, 5) is 101. The fraction of sp³-hybridized carbons (Fsp3) is 0.259. The monoisotopic (exact) mass is 976 g/mol. The first-order valence-electron chi connectivity index (χ1n) is 22.7. The first-order chi connectivity index (χ1) is 34.9. The van der Waals surface area contributed by atoms with Gasteiger partial charge >= 0.3 is 24.0 Å². The molecule has 2 fully saturated rings. The van der Waals surface area contributed by atoms with Crippen LogP contribution >= 0.6 is 0 Å². The van der Waals surface area contributed by atoms with Gasteiger partial charge in [-0.3, -0.25) is 39.0 Å². The van der Waals surface area contributed by atoms with E-state index < -0.39 is 95.4 Å². The van der Waals surface area contributed by atoms with Gasteiger partial charge in [0.05, 0.1) is 49.4 Å². The van der Waals surface area contributed by atoms with Crippen LogP contribution in [0.1, 0.15) is 58.0 Å². The van der Waals surface area contributed by atoms with Crippen molar-refractivity contribution in [2.45, 2.75) is 42.7 Å². The Hall–Kier alpha value is -8.66. The van der Waals surface area contributed by atoms with Crippen LogP contribution in [0.5, 0.6) is 5.75 Å². The number of aliphatic hydroxyl groups excluding tert-OH is 1. The number of ether oxygens (including phenoxy) is 5. The highest BCUT2D eigenvalue weighted by atomic mass is 16.6. The minimum absolute atomic E-state index is 0.0365. The fourth-order valence-electron chi connectivity index (χ4n) is 9.94. The summed E-state index contributed by atoms with van der Waals surface area (Å²) < 4.78 is 28.2. The number of morpholine rings is 1. The number of fused-ring (bicyclic) bond motifs is 3. The number of non-ortho nitro benzene ring substituents is 1. The number of nitro groups is 1. The second-order valence-electron chi connectivity index (χ2n) is 16.9. The number of benzene rings is 5. The van der Waals surface area contributed by atoms with E-state index in [-0.39, 0.29) is 47.8 Å².